The van der Waals surface area contributed by atoms with Gasteiger partial charge in [-0.2, -0.15) is 0 Å². The maximum Gasteiger partial charge on any atom is 0.254 e. The van der Waals surface area contributed by atoms with Crippen LogP contribution in [-0.4, -0.2) is 17.1 Å². The molecule has 5 heteroatoms. The largest absolute Gasteiger partial charge is 0.390 e. The average Bonchev–Trinajstić information content (AvgIpc) is 2.78. The van der Waals surface area contributed by atoms with Crippen molar-refractivity contribution in [3.8, 4) is 0 Å². The molecule has 1 amide bonds. The molecule has 0 unspecified atom stereocenters. The highest BCUT2D eigenvalue weighted by atomic mass is 19.1. The molecule has 0 aromatic heterocycles. The summed E-state index contributed by atoms with van der Waals surface area (Å²) in [6.07, 6.45) is -0.352. The lowest BCUT2D eigenvalue weighted by molar-refractivity contribution is 0.0854. The van der Waals surface area contributed by atoms with Crippen LogP contribution in [0.25, 0.3) is 0 Å². The summed E-state index contributed by atoms with van der Waals surface area (Å²) in [5.41, 5.74) is 1.37. The zero-order chi connectivity index (χ0) is 15.0. The number of aliphatic hydroxyl groups excluding tert-OH is 1. The quantitative estimate of drug-likeness (QED) is 0.891. The monoisotopic (exact) mass is 289 g/mol. The lowest BCUT2D eigenvalue weighted by Crippen LogP contribution is -2.34. The second kappa shape index (κ2) is 5.26. The van der Waals surface area contributed by atoms with Crippen molar-refractivity contribution in [1.82, 2.24) is 5.32 Å². The fourth-order valence-corrected chi connectivity index (χ4v) is 2.64. The van der Waals surface area contributed by atoms with Crippen molar-refractivity contribution in [2.75, 3.05) is 0 Å². The Hall–Kier alpha value is -2.27. The van der Waals surface area contributed by atoms with Gasteiger partial charge in [-0.05, 0) is 29.3 Å². The van der Waals surface area contributed by atoms with E-state index in [0.29, 0.717) is 6.42 Å². The second-order valence-corrected chi connectivity index (χ2v) is 5.05. The van der Waals surface area contributed by atoms with Gasteiger partial charge in [0.15, 0.2) is 0 Å². The van der Waals surface area contributed by atoms with Gasteiger partial charge in [-0.1, -0.05) is 24.3 Å². The molecule has 2 atom stereocenters. The molecule has 0 spiro atoms. The third-order valence-corrected chi connectivity index (χ3v) is 3.66. The third-order valence-electron chi connectivity index (χ3n) is 3.66. The van der Waals surface area contributed by atoms with Crippen LogP contribution in [0.5, 0.6) is 0 Å². The molecular weight excluding hydrogens is 276 g/mol. The number of carbonyl (C=O) groups excluding carboxylic acids is 1. The molecule has 3 nitrogen and oxygen atoms in total. The Labute approximate surface area is 120 Å². The van der Waals surface area contributed by atoms with Crippen molar-refractivity contribution in [1.29, 1.82) is 0 Å². The predicted octanol–water partition coefficient (Wildman–Crippen LogP) is 2.35. The summed E-state index contributed by atoms with van der Waals surface area (Å²) in [7, 11) is 0. The summed E-state index contributed by atoms with van der Waals surface area (Å²) >= 11 is 0. The molecule has 0 bridgehead atoms. The number of benzene rings is 2. The number of hydrogen-bond donors (Lipinski definition) is 2. The highest BCUT2D eigenvalue weighted by Crippen LogP contribution is 2.31. The summed E-state index contributed by atoms with van der Waals surface area (Å²) in [5.74, 6) is -2.23. The molecular formula is C16H13F2NO2. The molecule has 108 valence electrons. The van der Waals surface area contributed by atoms with Crippen molar-refractivity contribution >= 4 is 5.91 Å². The summed E-state index contributed by atoms with van der Waals surface area (Å²) < 4.78 is 26.7. The van der Waals surface area contributed by atoms with Gasteiger partial charge in [0.25, 0.3) is 5.91 Å². The number of rotatable bonds is 2. The van der Waals surface area contributed by atoms with Gasteiger partial charge in [-0.15, -0.1) is 0 Å². The van der Waals surface area contributed by atoms with Crippen LogP contribution in [0.4, 0.5) is 8.78 Å². The molecule has 2 aromatic rings. The van der Waals surface area contributed by atoms with E-state index in [9.17, 15) is 18.7 Å². The molecule has 21 heavy (non-hydrogen) atoms. The van der Waals surface area contributed by atoms with Crippen LogP contribution in [-0.2, 0) is 6.42 Å². The fourth-order valence-electron chi connectivity index (χ4n) is 2.64. The first kappa shape index (κ1) is 13.7. The number of amides is 1. The van der Waals surface area contributed by atoms with Gasteiger partial charge < -0.3 is 10.4 Å². The first-order chi connectivity index (χ1) is 10.1. The molecule has 3 rings (SSSR count). The molecule has 0 saturated carbocycles. The minimum Gasteiger partial charge on any atom is -0.390 e. The van der Waals surface area contributed by atoms with E-state index in [1.165, 1.54) is 0 Å². The van der Waals surface area contributed by atoms with Crippen LogP contribution in [0.2, 0.25) is 0 Å². The summed E-state index contributed by atoms with van der Waals surface area (Å²) in [5, 5.41) is 12.6. The van der Waals surface area contributed by atoms with E-state index < -0.39 is 29.7 Å². The van der Waals surface area contributed by atoms with Gasteiger partial charge in [0.2, 0.25) is 0 Å². The molecule has 1 aliphatic rings. The summed E-state index contributed by atoms with van der Waals surface area (Å²) in [6.45, 7) is 0. The molecule has 0 saturated heterocycles. The lowest BCUT2D eigenvalue weighted by Gasteiger charge is -2.18. The first-order valence-corrected chi connectivity index (χ1v) is 6.58. The number of hydrogen-bond acceptors (Lipinski definition) is 2. The first-order valence-electron chi connectivity index (χ1n) is 6.58. The second-order valence-electron chi connectivity index (χ2n) is 5.05. The van der Waals surface area contributed by atoms with Crippen LogP contribution in [0, 0.1) is 11.6 Å². The molecule has 1 aliphatic carbocycles. The van der Waals surface area contributed by atoms with Gasteiger partial charge in [0, 0.05) is 6.42 Å². The Balaban J connectivity index is 1.87. The van der Waals surface area contributed by atoms with Crippen molar-refractivity contribution in [2.24, 2.45) is 0 Å². The van der Waals surface area contributed by atoms with Gasteiger partial charge in [0.05, 0.1) is 17.7 Å². The number of aliphatic hydroxyl groups is 1. The molecule has 2 N–H and O–H groups in total. The van der Waals surface area contributed by atoms with Crippen molar-refractivity contribution in [2.45, 2.75) is 18.6 Å². The molecule has 0 radical (unpaired) electrons. The van der Waals surface area contributed by atoms with E-state index in [2.05, 4.69) is 5.32 Å². The number of carbonyl (C=O) groups is 1. The van der Waals surface area contributed by atoms with Crippen LogP contribution in [0.1, 0.15) is 27.5 Å². The smallest absolute Gasteiger partial charge is 0.254 e. The minimum absolute atomic E-state index is 0.369. The van der Waals surface area contributed by atoms with E-state index in [0.717, 1.165) is 29.3 Å². The summed E-state index contributed by atoms with van der Waals surface area (Å²) in [4.78, 5) is 12.1. The zero-order valence-electron chi connectivity index (χ0n) is 11.0. The molecule has 0 aliphatic heterocycles. The Morgan fingerprint density at radius 2 is 1.95 bits per heavy atom. The van der Waals surface area contributed by atoms with Gasteiger partial charge >= 0.3 is 0 Å². The van der Waals surface area contributed by atoms with Crippen molar-refractivity contribution in [3.05, 3.63) is 70.8 Å². The van der Waals surface area contributed by atoms with Crippen LogP contribution in [0.3, 0.4) is 0 Å². The number of halogens is 2. The topological polar surface area (TPSA) is 49.3 Å². The highest BCUT2D eigenvalue weighted by molar-refractivity contribution is 5.94. The Morgan fingerprint density at radius 3 is 2.76 bits per heavy atom. The molecule has 0 fully saturated rings. The average molecular weight is 289 g/mol. The predicted molar refractivity (Wildman–Crippen MR) is 72.7 cm³/mol. The fraction of sp³-hybridized carbons (Fsp3) is 0.188. The van der Waals surface area contributed by atoms with Crippen LogP contribution >= 0.6 is 0 Å². The highest BCUT2D eigenvalue weighted by Gasteiger charge is 2.32. The van der Waals surface area contributed by atoms with Gasteiger partial charge in [-0.3, -0.25) is 4.79 Å². The van der Waals surface area contributed by atoms with E-state index >= 15 is 0 Å². The minimum atomic E-state index is -0.797. The maximum absolute atomic E-state index is 13.6. The Kier molecular flexibility index (Phi) is 3.43. The zero-order valence-corrected chi connectivity index (χ0v) is 11.0. The SMILES string of the molecule is O=C(N[C@H]1c2ccccc2C[C@H]1O)c1cc(F)ccc1F. The van der Waals surface area contributed by atoms with Crippen molar-refractivity contribution < 1.29 is 18.7 Å². The normalized spacial score (nSPS) is 20.1. The van der Waals surface area contributed by atoms with Gasteiger partial charge in [-0.25, -0.2) is 8.78 Å². The van der Waals surface area contributed by atoms with Crippen LogP contribution < -0.4 is 5.32 Å². The lowest BCUT2D eigenvalue weighted by atomic mass is 10.1. The van der Waals surface area contributed by atoms with Gasteiger partial charge in [0.1, 0.15) is 11.6 Å². The van der Waals surface area contributed by atoms with Crippen LogP contribution in [0.15, 0.2) is 42.5 Å². The molecule has 0 heterocycles. The third kappa shape index (κ3) is 2.52. The Bertz CT molecular complexity index is 702. The molecule has 2 aromatic carbocycles. The number of fused-ring (bicyclic) bond motifs is 1. The van der Waals surface area contributed by atoms with E-state index in [4.69, 9.17) is 0 Å². The standard InChI is InChI=1S/C16H13F2NO2/c17-10-5-6-13(18)12(8-10)16(21)19-15-11-4-2-1-3-9(11)7-14(15)20/h1-6,8,14-15,20H,7H2,(H,19,21)/t14-,15+/m1/s1. The van der Waals surface area contributed by atoms with E-state index in [-0.39, 0.29) is 5.56 Å². The van der Waals surface area contributed by atoms with Crippen molar-refractivity contribution in [3.63, 3.8) is 0 Å². The Morgan fingerprint density at radius 1 is 1.19 bits per heavy atom. The van der Waals surface area contributed by atoms with E-state index in [1.54, 1.807) is 12.1 Å². The summed E-state index contributed by atoms with van der Waals surface area (Å²) in [6, 6.07) is 9.41. The number of nitrogens with one attached hydrogen (secondary N) is 1. The maximum atomic E-state index is 13.6. The van der Waals surface area contributed by atoms with E-state index in [1.807, 2.05) is 12.1 Å².